The fourth-order valence-electron chi connectivity index (χ4n) is 3.27. The van der Waals surface area contributed by atoms with Crippen LogP contribution in [0.15, 0.2) is 34.5 Å². The lowest BCUT2D eigenvalue weighted by atomic mass is 10.0. The molecule has 0 atom stereocenters. The van der Waals surface area contributed by atoms with Crippen molar-refractivity contribution < 1.29 is 18.0 Å². The van der Waals surface area contributed by atoms with Crippen LogP contribution in [-0.2, 0) is 21.1 Å². The van der Waals surface area contributed by atoms with Gasteiger partial charge in [-0.3, -0.25) is 9.59 Å². The summed E-state index contributed by atoms with van der Waals surface area (Å²) in [5, 5.41) is 11.0. The first-order valence-electron chi connectivity index (χ1n) is 9.56. The molecule has 2 aliphatic rings. The summed E-state index contributed by atoms with van der Waals surface area (Å²) in [7, 11) is -3.05. The van der Waals surface area contributed by atoms with Gasteiger partial charge in [-0.1, -0.05) is 18.2 Å². The van der Waals surface area contributed by atoms with Crippen LogP contribution in [0.5, 0.6) is 0 Å². The van der Waals surface area contributed by atoms with Crippen molar-refractivity contribution in [2.24, 2.45) is 10.2 Å². The number of amides is 2. The first-order valence-corrected chi connectivity index (χ1v) is 11.4. The molecule has 2 aliphatic heterocycles. The van der Waals surface area contributed by atoms with Crippen molar-refractivity contribution in [3.05, 3.63) is 35.4 Å². The Morgan fingerprint density at radius 2 is 1.86 bits per heavy atom. The van der Waals surface area contributed by atoms with Crippen LogP contribution in [0, 0.1) is 12.3 Å². The summed E-state index contributed by atoms with van der Waals surface area (Å²) < 4.78 is 23.1. The summed E-state index contributed by atoms with van der Waals surface area (Å²) in [5.74, 6) is 2.10. The van der Waals surface area contributed by atoms with Gasteiger partial charge in [-0.15, -0.1) is 12.3 Å². The summed E-state index contributed by atoms with van der Waals surface area (Å²) in [4.78, 5) is 26.7. The summed E-state index contributed by atoms with van der Waals surface area (Å²) in [6, 6.07) is 6.94. The zero-order chi connectivity index (χ0) is 20.9. The number of rotatable bonds is 8. The smallest absolute Gasteiger partial charge is 0.251 e. The van der Waals surface area contributed by atoms with Crippen LogP contribution in [0.3, 0.4) is 0 Å². The fraction of sp³-hybridized carbons (Fsp3) is 0.500. The molecule has 1 saturated heterocycles. The van der Waals surface area contributed by atoms with E-state index in [1.807, 2.05) is 0 Å². The van der Waals surface area contributed by atoms with Gasteiger partial charge < -0.3 is 10.2 Å². The number of terminal acetylenes is 1. The van der Waals surface area contributed by atoms with E-state index in [2.05, 4.69) is 21.5 Å². The molecule has 1 fully saturated rings. The van der Waals surface area contributed by atoms with Crippen molar-refractivity contribution in [1.29, 1.82) is 0 Å². The molecule has 1 aromatic carbocycles. The molecule has 2 amide bonds. The molecule has 0 radical (unpaired) electrons. The molecule has 29 heavy (non-hydrogen) atoms. The van der Waals surface area contributed by atoms with Gasteiger partial charge in [0.25, 0.3) is 5.91 Å². The standard InChI is InChI=1S/C20H24N4O4S/c1-2-3-8-20(22-23-20)9-10-21-19(26)17-7-5-4-6-16(17)15-18(25)24-11-13-29(27,28)14-12-24/h1,4-7H,3,8-15H2,(H,21,26). The van der Waals surface area contributed by atoms with Gasteiger partial charge in [0.1, 0.15) is 0 Å². The zero-order valence-electron chi connectivity index (χ0n) is 16.1. The lowest BCUT2D eigenvalue weighted by Gasteiger charge is -2.27. The Kier molecular flexibility index (Phi) is 6.33. The van der Waals surface area contributed by atoms with Crippen LogP contribution in [0.4, 0.5) is 0 Å². The Bertz CT molecular complexity index is 945. The molecule has 1 aromatic rings. The number of nitrogens with zero attached hydrogens (tertiary/aromatic N) is 3. The Morgan fingerprint density at radius 1 is 1.17 bits per heavy atom. The van der Waals surface area contributed by atoms with E-state index in [1.54, 1.807) is 29.2 Å². The van der Waals surface area contributed by atoms with Gasteiger partial charge in [0.05, 0.1) is 17.9 Å². The highest BCUT2D eigenvalue weighted by Gasteiger charge is 2.38. The van der Waals surface area contributed by atoms with Crippen molar-refractivity contribution in [3.63, 3.8) is 0 Å². The number of carbonyl (C=O) groups excluding carboxylic acids is 2. The van der Waals surface area contributed by atoms with Gasteiger partial charge in [-0.05, 0) is 11.6 Å². The second-order valence-corrected chi connectivity index (χ2v) is 9.56. The maximum atomic E-state index is 12.6. The van der Waals surface area contributed by atoms with Crippen molar-refractivity contribution in [2.75, 3.05) is 31.1 Å². The molecule has 1 N–H and O–H groups in total. The van der Waals surface area contributed by atoms with E-state index in [0.29, 0.717) is 36.9 Å². The van der Waals surface area contributed by atoms with E-state index in [-0.39, 0.29) is 42.8 Å². The molecule has 2 heterocycles. The Morgan fingerprint density at radius 3 is 2.52 bits per heavy atom. The molecular formula is C20H24N4O4S. The molecule has 154 valence electrons. The largest absolute Gasteiger partial charge is 0.352 e. The second kappa shape index (κ2) is 8.74. The summed E-state index contributed by atoms with van der Waals surface area (Å²) in [6.07, 6.45) is 7.18. The van der Waals surface area contributed by atoms with Crippen LogP contribution in [0.25, 0.3) is 0 Å². The lowest BCUT2D eigenvalue weighted by molar-refractivity contribution is -0.130. The van der Waals surface area contributed by atoms with E-state index in [0.717, 1.165) is 0 Å². The predicted molar refractivity (Wildman–Crippen MR) is 108 cm³/mol. The van der Waals surface area contributed by atoms with Gasteiger partial charge >= 0.3 is 0 Å². The summed E-state index contributed by atoms with van der Waals surface area (Å²) in [5.41, 5.74) is 0.600. The zero-order valence-corrected chi connectivity index (χ0v) is 17.0. The van der Waals surface area contributed by atoms with Crippen LogP contribution >= 0.6 is 0 Å². The highest BCUT2D eigenvalue weighted by Crippen LogP contribution is 2.36. The van der Waals surface area contributed by atoms with Gasteiger partial charge in [-0.2, -0.15) is 10.2 Å². The number of hydrogen-bond acceptors (Lipinski definition) is 6. The van der Waals surface area contributed by atoms with Gasteiger partial charge in [0.2, 0.25) is 5.91 Å². The van der Waals surface area contributed by atoms with Crippen LogP contribution in [0.2, 0.25) is 0 Å². The van der Waals surface area contributed by atoms with Crippen molar-refractivity contribution in [3.8, 4) is 12.3 Å². The van der Waals surface area contributed by atoms with E-state index >= 15 is 0 Å². The third-order valence-corrected chi connectivity index (χ3v) is 6.77. The van der Waals surface area contributed by atoms with Gasteiger partial charge in [0, 0.05) is 44.5 Å². The third-order valence-electron chi connectivity index (χ3n) is 5.16. The Labute approximate surface area is 170 Å². The number of carbonyl (C=O) groups is 2. The monoisotopic (exact) mass is 416 g/mol. The quantitative estimate of drug-likeness (QED) is 0.642. The highest BCUT2D eigenvalue weighted by molar-refractivity contribution is 7.91. The molecular weight excluding hydrogens is 392 g/mol. The van der Waals surface area contributed by atoms with Crippen LogP contribution in [-0.4, -0.2) is 61.9 Å². The lowest BCUT2D eigenvalue weighted by Crippen LogP contribution is -2.44. The Balaban J connectivity index is 1.55. The van der Waals surface area contributed by atoms with Crippen LogP contribution in [0.1, 0.15) is 35.2 Å². The maximum absolute atomic E-state index is 12.6. The van der Waals surface area contributed by atoms with E-state index in [1.165, 1.54) is 0 Å². The summed E-state index contributed by atoms with van der Waals surface area (Å²) in [6.45, 7) is 0.799. The average molecular weight is 417 g/mol. The minimum Gasteiger partial charge on any atom is -0.352 e. The average Bonchev–Trinajstić information content (AvgIpc) is 3.46. The maximum Gasteiger partial charge on any atom is 0.251 e. The van der Waals surface area contributed by atoms with Crippen molar-refractivity contribution in [1.82, 2.24) is 10.2 Å². The molecule has 3 rings (SSSR count). The molecule has 8 nitrogen and oxygen atoms in total. The first kappa shape index (κ1) is 21.0. The highest BCUT2D eigenvalue weighted by atomic mass is 32.2. The van der Waals surface area contributed by atoms with Gasteiger partial charge in [-0.25, -0.2) is 8.42 Å². The third kappa shape index (κ3) is 5.64. The molecule has 0 aromatic heterocycles. The molecule has 0 aliphatic carbocycles. The fourth-order valence-corrected chi connectivity index (χ4v) is 4.47. The molecule has 0 spiro atoms. The minimum atomic E-state index is -3.05. The number of nitrogens with one attached hydrogen (secondary N) is 1. The minimum absolute atomic E-state index is 0.0155. The molecule has 0 unspecified atom stereocenters. The molecule has 9 heteroatoms. The van der Waals surface area contributed by atoms with Crippen molar-refractivity contribution in [2.45, 2.75) is 31.3 Å². The van der Waals surface area contributed by atoms with Gasteiger partial charge in [0.15, 0.2) is 15.5 Å². The summed E-state index contributed by atoms with van der Waals surface area (Å²) >= 11 is 0. The Hall–Kier alpha value is -2.73. The number of sulfone groups is 1. The van der Waals surface area contributed by atoms with E-state index < -0.39 is 15.5 Å². The number of hydrogen-bond donors (Lipinski definition) is 1. The van der Waals surface area contributed by atoms with E-state index in [9.17, 15) is 18.0 Å². The van der Waals surface area contributed by atoms with Crippen molar-refractivity contribution >= 4 is 21.7 Å². The first-order chi connectivity index (χ1) is 13.8. The normalized spacial score (nSPS) is 18.7. The molecule has 0 bridgehead atoms. The molecule has 0 saturated carbocycles. The topological polar surface area (TPSA) is 108 Å². The number of benzene rings is 1. The second-order valence-electron chi connectivity index (χ2n) is 7.26. The van der Waals surface area contributed by atoms with Crippen LogP contribution < -0.4 is 5.32 Å². The SMILES string of the molecule is C#CCCC1(CCNC(=O)c2ccccc2CC(=O)N2CCS(=O)(=O)CC2)N=N1. The predicted octanol–water partition coefficient (Wildman–Crippen LogP) is 1.18. The van der Waals surface area contributed by atoms with E-state index in [4.69, 9.17) is 6.42 Å².